The van der Waals surface area contributed by atoms with Crippen LogP contribution >= 0.6 is 23.5 Å². The minimum absolute atomic E-state index is 0.148. The van der Waals surface area contributed by atoms with E-state index in [0.717, 1.165) is 17.2 Å². The summed E-state index contributed by atoms with van der Waals surface area (Å²) in [4.78, 5) is 28.2. The molecule has 39 heavy (non-hydrogen) atoms. The van der Waals surface area contributed by atoms with Crippen LogP contribution in [0.1, 0.15) is 37.7 Å². The topological polar surface area (TPSA) is 79.9 Å². The molecule has 0 bridgehead atoms. The number of rotatable bonds is 19. The van der Waals surface area contributed by atoms with Crippen LogP contribution in [0.2, 0.25) is 0 Å². The van der Waals surface area contributed by atoms with Gasteiger partial charge in [0, 0.05) is 31.8 Å². The Morgan fingerprint density at radius 1 is 1.18 bits per heavy atom. The van der Waals surface area contributed by atoms with Crippen molar-refractivity contribution in [2.45, 2.75) is 44.7 Å². The average molecular weight is 576 g/mol. The lowest BCUT2D eigenvalue weighted by Crippen LogP contribution is -2.51. The largest absolute Gasteiger partial charge is 0.457 e. The minimum atomic E-state index is -0.591. The van der Waals surface area contributed by atoms with Crippen LogP contribution in [0, 0.1) is 5.92 Å². The number of carbonyl (C=O) groups excluding carboxylic acids is 2. The van der Waals surface area contributed by atoms with Gasteiger partial charge in [-0.25, -0.2) is 0 Å². The number of nitrogens with one attached hydrogen (secondary N) is 2. The zero-order valence-corrected chi connectivity index (χ0v) is 25.1. The van der Waals surface area contributed by atoms with Crippen LogP contribution in [0.25, 0.3) is 0 Å². The highest BCUT2D eigenvalue weighted by atomic mass is 32.2. The van der Waals surface area contributed by atoms with E-state index in [2.05, 4.69) is 23.8 Å². The average Bonchev–Trinajstić information content (AvgIpc) is 2.95. The Bertz CT molecular complexity index is 917. The van der Waals surface area contributed by atoms with Gasteiger partial charge in [0.25, 0.3) is 0 Å². The molecule has 0 aliphatic heterocycles. The van der Waals surface area contributed by atoms with Gasteiger partial charge in [-0.2, -0.15) is 11.8 Å². The van der Waals surface area contributed by atoms with Gasteiger partial charge in [-0.3, -0.25) is 14.5 Å². The van der Waals surface area contributed by atoms with Crippen LogP contribution in [0.3, 0.4) is 0 Å². The van der Waals surface area contributed by atoms with Crippen molar-refractivity contribution in [2.24, 2.45) is 5.92 Å². The molecule has 7 nitrogen and oxygen atoms in total. The van der Waals surface area contributed by atoms with E-state index >= 15 is 0 Å². The zero-order chi connectivity index (χ0) is 28.3. The molecule has 1 aromatic carbocycles. The molecule has 1 atom stereocenters. The maximum absolute atomic E-state index is 13.2. The van der Waals surface area contributed by atoms with Gasteiger partial charge in [0.15, 0.2) is 0 Å². The van der Waals surface area contributed by atoms with Crippen molar-refractivity contribution < 1.29 is 19.1 Å². The molecule has 1 fully saturated rings. The van der Waals surface area contributed by atoms with Gasteiger partial charge in [0.1, 0.15) is 17.6 Å². The van der Waals surface area contributed by atoms with Crippen LogP contribution < -0.4 is 15.4 Å². The second-order valence-corrected chi connectivity index (χ2v) is 11.5. The molecule has 1 aliphatic carbocycles. The summed E-state index contributed by atoms with van der Waals surface area (Å²) in [6.07, 6.45) is 13.4. The van der Waals surface area contributed by atoms with Crippen molar-refractivity contribution >= 4 is 35.3 Å². The van der Waals surface area contributed by atoms with Crippen molar-refractivity contribution in [3.8, 4) is 5.75 Å². The molecular formula is C30H45N3O4S2. The van der Waals surface area contributed by atoms with E-state index in [-0.39, 0.29) is 18.4 Å². The van der Waals surface area contributed by atoms with Crippen molar-refractivity contribution in [1.29, 1.82) is 0 Å². The quantitative estimate of drug-likeness (QED) is 0.136. The summed E-state index contributed by atoms with van der Waals surface area (Å²) in [6, 6.07) is 6.92. The smallest absolute Gasteiger partial charge is 0.243 e. The van der Waals surface area contributed by atoms with Crippen LogP contribution in [-0.4, -0.2) is 73.2 Å². The second kappa shape index (κ2) is 19.8. The van der Waals surface area contributed by atoms with Crippen molar-refractivity contribution in [2.75, 3.05) is 50.4 Å². The van der Waals surface area contributed by atoms with E-state index < -0.39 is 6.04 Å². The zero-order valence-electron chi connectivity index (χ0n) is 23.5. The summed E-state index contributed by atoms with van der Waals surface area (Å²) < 4.78 is 10.9. The molecule has 0 spiro atoms. The summed E-state index contributed by atoms with van der Waals surface area (Å²) in [5, 5.41) is 6.01. The number of carbonyl (C=O) groups is 2. The number of benzene rings is 1. The van der Waals surface area contributed by atoms with E-state index in [1.807, 2.05) is 35.4 Å². The number of thioether (sulfide) groups is 2. The second-order valence-electron chi connectivity index (χ2n) is 9.60. The highest BCUT2D eigenvalue weighted by Gasteiger charge is 2.23. The van der Waals surface area contributed by atoms with Gasteiger partial charge in [-0.15, -0.1) is 11.8 Å². The highest BCUT2D eigenvalue weighted by molar-refractivity contribution is 7.99. The van der Waals surface area contributed by atoms with Crippen molar-refractivity contribution in [1.82, 2.24) is 15.5 Å². The van der Waals surface area contributed by atoms with Crippen LogP contribution in [0.15, 0.2) is 61.4 Å². The first kappa shape index (κ1) is 33.0. The van der Waals surface area contributed by atoms with E-state index in [4.69, 9.17) is 9.47 Å². The number of hydrogen-bond donors (Lipinski definition) is 2. The summed E-state index contributed by atoms with van der Waals surface area (Å²) >= 11 is 3.42. The Hall–Kier alpha value is -2.20. The SMILES string of the molecule is C=C/C=C(\C=C)Oc1ccc(CNC(=O)[C@H](CSCC2CCCCC2)NC(=O)CN(CCOC)CSC)cc1. The Morgan fingerprint density at radius 2 is 1.92 bits per heavy atom. The third kappa shape index (κ3) is 13.6. The number of ether oxygens (including phenoxy) is 2. The molecule has 0 saturated heterocycles. The van der Waals surface area contributed by atoms with Crippen molar-refractivity contribution in [3.05, 3.63) is 67.0 Å². The molecule has 9 heteroatoms. The third-order valence-corrected chi connectivity index (χ3v) is 8.31. The lowest BCUT2D eigenvalue weighted by atomic mass is 9.91. The fourth-order valence-electron chi connectivity index (χ4n) is 4.31. The van der Waals surface area contributed by atoms with E-state index in [0.29, 0.717) is 42.9 Å². The number of allylic oxidation sites excluding steroid dienone is 3. The summed E-state index contributed by atoms with van der Waals surface area (Å²) in [6.45, 7) is 9.22. The van der Waals surface area contributed by atoms with Gasteiger partial charge in [-0.05, 0) is 60.6 Å². The van der Waals surface area contributed by atoms with Gasteiger partial charge >= 0.3 is 0 Å². The summed E-state index contributed by atoms with van der Waals surface area (Å²) in [5.74, 6) is 3.97. The number of hydrogen-bond acceptors (Lipinski definition) is 7. The Morgan fingerprint density at radius 3 is 2.56 bits per heavy atom. The molecule has 2 amide bonds. The van der Waals surface area contributed by atoms with Gasteiger partial charge in [0.05, 0.1) is 13.2 Å². The van der Waals surface area contributed by atoms with E-state index in [9.17, 15) is 9.59 Å². The Labute approximate surface area is 243 Å². The summed E-state index contributed by atoms with van der Waals surface area (Å²) in [5.41, 5.74) is 0.939. The molecule has 0 heterocycles. The number of nitrogens with zero attached hydrogens (tertiary/aromatic N) is 1. The monoisotopic (exact) mass is 575 g/mol. The molecular weight excluding hydrogens is 530 g/mol. The third-order valence-electron chi connectivity index (χ3n) is 6.41. The maximum atomic E-state index is 13.2. The fourth-order valence-corrected chi connectivity index (χ4v) is 6.17. The molecule has 2 N–H and O–H groups in total. The van der Waals surface area contributed by atoms with Crippen molar-refractivity contribution in [3.63, 3.8) is 0 Å². The molecule has 2 rings (SSSR count). The van der Waals surface area contributed by atoms with E-state index in [1.54, 1.807) is 48.9 Å². The molecule has 0 aromatic heterocycles. The molecule has 1 saturated carbocycles. The summed E-state index contributed by atoms with van der Waals surface area (Å²) in [7, 11) is 1.65. The lowest BCUT2D eigenvalue weighted by Gasteiger charge is -2.24. The first-order chi connectivity index (χ1) is 19.0. The van der Waals surface area contributed by atoms with Gasteiger partial charge < -0.3 is 20.1 Å². The van der Waals surface area contributed by atoms with E-state index in [1.165, 1.54) is 32.1 Å². The highest BCUT2D eigenvalue weighted by Crippen LogP contribution is 2.27. The van der Waals surface area contributed by atoms with Crippen LogP contribution in [0.5, 0.6) is 5.75 Å². The maximum Gasteiger partial charge on any atom is 0.243 e. The molecule has 216 valence electrons. The lowest BCUT2D eigenvalue weighted by molar-refractivity contribution is -0.129. The molecule has 0 radical (unpaired) electrons. The van der Waals surface area contributed by atoms with Crippen LogP contribution in [-0.2, 0) is 20.9 Å². The Kier molecular flexibility index (Phi) is 16.8. The van der Waals surface area contributed by atoms with Crippen LogP contribution in [0.4, 0.5) is 0 Å². The predicted octanol–water partition coefficient (Wildman–Crippen LogP) is 5.00. The molecule has 0 unspecified atom stereocenters. The number of methoxy groups -OCH3 is 1. The van der Waals surface area contributed by atoms with Gasteiger partial charge in [-0.1, -0.05) is 50.6 Å². The minimum Gasteiger partial charge on any atom is -0.457 e. The first-order valence-corrected chi connectivity index (χ1v) is 16.1. The standard InChI is InChI=1S/C30H45N3O4S2/c1-5-10-26(6-2)37-27-15-13-24(14-16-27)19-31-30(35)28(22-39-21-25-11-8-7-9-12-25)32-29(34)20-33(23-38-4)17-18-36-3/h5-6,10,13-16,25,28H,1-2,7-9,11-12,17-23H2,3-4H3,(H,31,35)(H,32,34)/b26-10+/t28-/m0/s1. The Balaban J connectivity index is 1.96. The predicted molar refractivity (Wildman–Crippen MR) is 165 cm³/mol. The van der Waals surface area contributed by atoms with Gasteiger partial charge in [0.2, 0.25) is 11.8 Å². The number of amides is 2. The normalized spacial score (nSPS) is 15.0. The fraction of sp³-hybridized carbons (Fsp3) is 0.533. The first-order valence-electron chi connectivity index (χ1n) is 13.6. The molecule has 1 aromatic rings. The molecule has 1 aliphatic rings.